The van der Waals surface area contributed by atoms with E-state index in [2.05, 4.69) is 5.10 Å². The molecule has 7 heteroatoms. The number of aromatic nitrogens is 3. The molecule has 4 nitrogen and oxygen atoms in total. The van der Waals surface area contributed by atoms with Crippen molar-refractivity contribution in [2.24, 2.45) is 7.05 Å². The van der Waals surface area contributed by atoms with E-state index in [0.717, 1.165) is 5.39 Å². The van der Waals surface area contributed by atoms with Gasteiger partial charge in [0.05, 0.1) is 27.1 Å². The molecule has 104 valence electrons. The Hall–Kier alpha value is -1.80. The zero-order valence-corrected chi connectivity index (χ0v) is 13.1. The summed E-state index contributed by atoms with van der Waals surface area (Å²) in [7, 11) is 1.88. The van der Waals surface area contributed by atoms with Gasteiger partial charge in [-0.25, -0.2) is 9.25 Å². The van der Waals surface area contributed by atoms with Crippen LogP contribution in [0.5, 0.6) is 0 Å². The summed E-state index contributed by atoms with van der Waals surface area (Å²) in [5.41, 5.74) is 1.58. The lowest BCUT2D eigenvalue weighted by Crippen LogP contribution is -2.26. The third-order valence-electron chi connectivity index (χ3n) is 3.00. The molecule has 0 aliphatic rings. The lowest BCUT2D eigenvalue weighted by molar-refractivity contribution is -0.670. The van der Waals surface area contributed by atoms with Gasteiger partial charge in [0.15, 0.2) is 12.4 Å². The molecular formula is C14H8Cl3N4+. The molecule has 0 spiro atoms. The monoisotopic (exact) mass is 337 g/mol. The molecule has 0 aliphatic carbocycles. The zero-order valence-electron chi connectivity index (χ0n) is 10.8. The third-order valence-corrected chi connectivity index (χ3v) is 3.86. The second-order valence-corrected chi connectivity index (χ2v) is 5.77. The number of nitriles is 1. The highest BCUT2D eigenvalue weighted by atomic mass is 35.5. The van der Waals surface area contributed by atoms with Crippen molar-refractivity contribution in [3.05, 3.63) is 51.4 Å². The largest absolute Gasteiger partial charge is 0.236 e. The minimum absolute atomic E-state index is 0.354. The molecule has 0 aliphatic heterocycles. The van der Waals surface area contributed by atoms with Crippen molar-refractivity contribution < 1.29 is 4.57 Å². The minimum Gasteiger partial charge on any atom is -0.236 e. The van der Waals surface area contributed by atoms with Crippen LogP contribution >= 0.6 is 34.8 Å². The van der Waals surface area contributed by atoms with Crippen LogP contribution in [-0.2, 0) is 7.05 Å². The van der Waals surface area contributed by atoms with Gasteiger partial charge >= 0.3 is 0 Å². The summed E-state index contributed by atoms with van der Waals surface area (Å²) < 4.78 is 3.42. The van der Waals surface area contributed by atoms with Crippen molar-refractivity contribution in [2.75, 3.05) is 0 Å². The van der Waals surface area contributed by atoms with Gasteiger partial charge in [-0.15, -0.1) is 0 Å². The first-order valence-corrected chi connectivity index (χ1v) is 7.06. The molecule has 0 fully saturated rings. The minimum atomic E-state index is 0.354. The van der Waals surface area contributed by atoms with E-state index in [1.807, 2.05) is 23.9 Å². The number of halogens is 3. The Morgan fingerprint density at radius 2 is 1.81 bits per heavy atom. The molecule has 21 heavy (non-hydrogen) atoms. The highest BCUT2D eigenvalue weighted by Gasteiger charge is 2.15. The molecule has 3 aromatic rings. The molecule has 2 aromatic heterocycles. The van der Waals surface area contributed by atoms with E-state index >= 15 is 0 Å². The molecule has 0 amide bonds. The molecule has 0 unspecified atom stereocenters. The van der Waals surface area contributed by atoms with Gasteiger partial charge < -0.3 is 0 Å². The van der Waals surface area contributed by atoms with Gasteiger partial charge in [0.1, 0.15) is 23.3 Å². The van der Waals surface area contributed by atoms with Crippen molar-refractivity contribution in [2.45, 2.75) is 0 Å². The average Bonchev–Trinajstić information content (AvgIpc) is 2.81. The Morgan fingerprint density at radius 3 is 2.43 bits per heavy atom. The van der Waals surface area contributed by atoms with E-state index in [0.29, 0.717) is 31.8 Å². The fraction of sp³-hybridized carbons (Fsp3) is 0.0714. The summed E-state index contributed by atoms with van der Waals surface area (Å²) in [6.45, 7) is 0. The number of rotatable bonds is 1. The summed E-state index contributed by atoms with van der Waals surface area (Å²) in [5.74, 6) is 0. The van der Waals surface area contributed by atoms with Gasteiger partial charge in [-0.3, -0.25) is 0 Å². The normalized spacial score (nSPS) is 10.8. The van der Waals surface area contributed by atoms with Crippen LogP contribution in [0.4, 0.5) is 0 Å². The van der Waals surface area contributed by atoms with Crippen LogP contribution in [-0.4, -0.2) is 9.78 Å². The second-order valence-electron chi connectivity index (χ2n) is 4.55. The van der Waals surface area contributed by atoms with E-state index in [4.69, 9.17) is 40.1 Å². The Kier molecular flexibility index (Phi) is 3.50. The Bertz CT molecular complexity index is 885. The number of pyridine rings is 1. The van der Waals surface area contributed by atoms with Gasteiger partial charge in [-0.2, -0.15) is 10.4 Å². The molecule has 0 saturated heterocycles. The van der Waals surface area contributed by atoms with Gasteiger partial charge in [-0.05, 0) is 12.1 Å². The van der Waals surface area contributed by atoms with Crippen LogP contribution in [0.3, 0.4) is 0 Å². The standard InChI is InChI=1S/C14H8Cl3N4/c1-20-5-9-6-21(19-13(9)12(17)7-20)14-10(15)2-8(4-18)3-11(14)16/h2-3,5-7H,1H3/q+1. The van der Waals surface area contributed by atoms with Gasteiger partial charge in [0.2, 0.25) is 0 Å². The number of fused-ring (bicyclic) bond motifs is 1. The number of hydrogen-bond acceptors (Lipinski definition) is 2. The van der Waals surface area contributed by atoms with Gasteiger partial charge in [0, 0.05) is 6.20 Å². The molecule has 0 radical (unpaired) electrons. The smallest absolute Gasteiger partial charge is 0.189 e. The van der Waals surface area contributed by atoms with E-state index in [1.165, 1.54) is 0 Å². The van der Waals surface area contributed by atoms with Crippen LogP contribution in [0.15, 0.2) is 30.7 Å². The highest BCUT2D eigenvalue weighted by molar-refractivity contribution is 6.38. The fourth-order valence-electron chi connectivity index (χ4n) is 2.13. The number of aryl methyl sites for hydroxylation is 1. The fourth-order valence-corrected chi connectivity index (χ4v) is 3.09. The Morgan fingerprint density at radius 1 is 1.14 bits per heavy atom. The Labute approximate surface area is 135 Å². The maximum absolute atomic E-state index is 8.92. The van der Waals surface area contributed by atoms with Crippen LogP contribution in [0.25, 0.3) is 16.6 Å². The second kappa shape index (κ2) is 5.19. The lowest BCUT2D eigenvalue weighted by Gasteiger charge is -2.07. The van der Waals surface area contributed by atoms with Crippen molar-refractivity contribution in [1.82, 2.24) is 9.78 Å². The molecule has 3 rings (SSSR count). The molecule has 0 atom stereocenters. The van der Waals surface area contributed by atoms with Crippen LogP contribution in [0, 0.1) is 11.3 Å². The summed E-state index contributed by atoms with van der Waals surface area (Å²) in [4.78, 5) is 0. The zero-order chi connectivity index (χ0) is 15.1. The van der Waals surface area contributed by atoms with Gasteiger partial charge in [-0.1, -0.05) is 34.8 Å². The topological polar surface area (TPSA) is 45.5 Å². The molecule has 1 aromatic carbocycles. The Balaban J connectivity index is 2.27. The maximum atomic E-state index is 8.92. The van der Waals surface area contributed by atoms with Crippen molar-refractivity contribution in [1.29, 1.82) is 5.26 Å². The van der Waals surface area contributed by atoms with Crippen molar-refractivity contribution >= 4 is 45.7 Å². The maximum Gasteiger partial charge on any atom is 0.189 e. The molecule has 0 bridgehead atoms. The number of benzene rings is 1. The molecule has 0 saturated carbocycles. The first kappa shape index (κ1) is 14.2. The summed E-state index contributed by atoms with van der Waals surface area (Å²) in [5, 5.41) is 15.4. The number of nitrogens with zero attached hydrogens (tertiary/aromatic N) is 4. The first-order valence-electron chi connectivity index (χ1n) is 5.93. The van der Waals surface area contributed by atoms with Crippen LogP contribution in [0.1, 0.15) is 5.56 Å². The molecule has 0 N–H and O–H groups in total. The SMILES string of the molecule is C[n+]1cc(Cl)c2nn(-c3c(Cl)cc(C#N)cc3Cl)cc2c1. The summed E-state index contributed by atoms with van der Waals surface area (Å²) in [6, 6.07) is 5.11. The van der Waals surface area contributed by atoms with E-state index in [9.17, 15) is 0 Å². The lowest BCUT2D eigenvalue weighted by atomic mass is 10.2. The third kappa shape index (κ3) is 2.44. The summed E-state index contributed by atoms with van der Waals surface area (Å²) >= 11 is 18.6. The summed E-state index contributed by atoms with van der Waals surface area (Å²) in [6.07, 6.45) is 5.46. The number of hydrogen-bond donors (Lipinski definition) is 0. The predicted molar refractivity (Wildman–Crippen MR) is 82.0 cm³/mol. The van der Waals surface area contributed by atoms with Crippen molar-refractivity contribution in [3.8, 4) is 11.8 Å². The molecule has 2 heterocycles. The quantitative estimate of drug-likeness (QED) is 0.635. The predicted octanol–water partition coefficient (Wildman–Crippen LogP) is 3.68. The van der Waals surface area contributed by atoms with Crippen LogP contribution in [0.2, 0.25) is 15.1 Å². The van der Waals surface area contributed by atoms with Crippen LogP contribution < -0.4 is 4.57 Å². The first-order chi connectivity index (χ1) is 9.99. The van der Waals surface area contributed by atoms with E-state index in [1.54, 1.807) is 29.2 Å². The van der Waals surface area contributed by atoms with E-state index in [-0.39, 0.29) is 0 Å². The highest BCUT2D eigenvalue weighted by Crippen LogP contribution is 2.31. The van der Waals surface area contributed by atoms with Gasteiger partial charge in [0.25, 0.3) is 0 Å². The van der Waals surface area contributed by atoms with E-state index < -0.39 is 0 Å². The average molecular weight is 339 g/mol. The van der Waals surface area contributed by atoms with Crippen molar-refractivity contribution in [3.63, 3.8) is 0 Å². The molecular weight excluding hydrogens is 331 g/mol.